The molecule has 0 aliphatic heterocycles. The van der Waals surface area contributed by atoms with Crippen LogP contribution in [0.2, 0.25) is 5.02 Å². The Morgan fingerprint density at radius 3 is 2.22 bits per heavy atom. The Labute approximate surface area is 191 Å². The van der Waals surface area contributed by atoms with Crippen LogP contribution in [0.4, 0.5) is 5.69 Å². The molecule has 2 heterocycles. The van der Waals surface area contributed by atoms with Crippen LogP contribution in [0.25, 0.3) is 21.8 Å². The van der Waals surface area contributed by atoms with Crippen molar-refractivity contribution in [3.05, 3.63) is 100 Å². The number of nitrogens with one attached hydrogen (secondary N) is 1. The fourth-order valence-electron chi connectivity index (χ4n) is 3.96. The van der Waals surface area contributed by atoms with Crippen molar-refractivity contribution in [2.75, 3.05) is 5.43 Å². The fraction of sp³-hybridized carbons (Fsp3) is 0.115. The summed E-state index contributed by atoms with van der Waals surface area (Å²) in [5, 5.41) is 12.1. The summed E-state index contributed by atoms with van der Waals surface area (Å²) >= 11 is 6.34. The van der Waals surface area contributed by atoms with E-state index in [4.69, 9.17) is 21.7 Å². The van der Waals surface area contributed by atoms with Gasteiger partial charge in [0.15, 0.2) is 0 Å². The summed E-state index contributed by atoms with van der Waals surface area (Å²) in [6.07, 6.45) is 1.84. The molecule has 2 aromatic heterocycles. The van der Waals surface area contributed by atoms with E-state index in [0.29, 0.717) is 6.54 Å². The normalized spacial score (nSPS) is 11.6. The lowest BCUT2D eigenvalue weighted by Crippen LogP contribution is -2.05. The third-order valence-corrected chi connectivity index (χ3v) is 6.04. The molecule has 0 saturated carbocycles. The Kier molecular flexibility index (Phi) is 5.33. The van der Waals surface area contributed by atoms with Gasteiger partial charge in [-0.1, -0.05) is 66.2 Å². The minimum Gasteiger partial charge on any atom is -0.277 e. The minimum absolute atomic E-state index is 0.618. The largest absolute Gasteiger partial charge is 0.277 e. The molecule has 6 heteroatoms. The Hall–Kier alpha value is -3.70. The maximum Gasteiger partial charge on any atom is 0.0749 e. The lowest BCUT2D eigenvalue weighted by atomic mass is 10.1. The van der Waals surface area contributed by atoms with Gasteiger partial charge in [-0.05, 0) is 37.6 Å². The fourth-order valence-corrected chi connectivity index (χ4v) is 4.16. The zero-order valence-corrected chi connectivity index (χ0v) is 18.6. The van der Waals surface area contributed by atoms with Crippen LogP contribution in [0.5, 0.6) is 0 Å². The molecule has 0 spiro atoms. The summed E-state index contributed by atoms with van der Waals surface area (Å²) < 4.78 is 1.97. The van der Waals surface area contributed by atoms with E-state index in [1.807, 2.05) is 78.5 Å². The SMILES string of the molecule is Cc1nn(Cc2ccccc2Cl)c(C)c1/C=N/Nc1c2ccccc2nc2ccccc12. The van der Waals surface area contributed by atoms with E-state index in [1.165, 1.54) is 0 Å². The highest BCUT2D eigenvalue weighted by molar-refractivity contribution is 6.31. The number of pyridine rings is 1. The van der Waals surface area contributed by atoms with Gasteiger partial charge in [0.05, 0.1) is 35.2 Å². The average Bonchev–Trinajstić information content (AvgIpc) is 3.07. The van der Waals surface area contributed by atoms with Crippen LogP contribution in [0.15, 0.2) is 77.9 Å². The predicted octanol–water partition coefficient (Wildman–Crippen LogP) is 6.35. The highest BCUT2D eigenvalue weighted by atomic mass is 35.5. The number of nitrogens with zero attached hydrogens (tertiary/aromatic N) is 4. The van der Waals surface area contributed by atoms with Crippen molar-refractivity contribution in [2.45, 2.75) is 20.4 Å². The predicted molar refractivity (Wildman–Crippen MR) is 133 cm³/mol. The van der Waals surface area contributed by atoms with Crippen molar-refractivity contribution in [3.8, 4) is 0 Å². The molecule has 0 aliphatic carbocycles. The number of fused-ring (bicyclic) bond motifs is 2. The summed E-state index contributed by atoms with van der Waals surface area (Å²) in [5.74, 6) is 0. The van der Waals surface area contributed by atoms with Gasteiger partial charge in [-0.25, -0.2) is 4.98 Å². The van der Waals surface area contributed by atoms with Crippen LogP contribution in [0.3, 0.4) is 0 Å². The second-order valence-electron chi connectivity index (χ2n) is 7.72. The van der Waals surface area contributed by atoms with Gasteiger partial charge in [0.1, 0.15) is 0 Å². The Morgan fingerprint density at radius 1 is 0.906 bits per heavy atom. The number of para-hydroxylation sites is 2. The molecule has 0 aliphatic rings. The summed E-state index contributed by atoms with van der Waals surface area (Å²) in [5.41, 5.74) is 10.1. The molecule has 158 valence electrons. The zero-order valence-electron chi connectivity index (χ0n) is 17.9. The van der Waals surface area contributed by atoms with Gasteiger partial charge in [0.2, 0.25) is 0 Å². The molecule has 5 aromatic rings. The van der Waals surface area contributed by atoms with Crippen LogP contribution in [-0.4, -0.2) is 21.0 Å². The topological polar surface area (TPSA) is 55.1 Å². The molecular weight excluding hydrogens is 418 g/mol. The molecule has 0 unspecified atom stereocenters. The molecule has 0 saturated heterocycles. The number of aromatic nitrogens is 3. The van der Waals surface area contributed by atoms with Gasteiger partial charge in [-0.15, -0.1) is 0 Å². The molecule has 0 radical (unpaired) electrons. The maximum absolute atomic E-state index is 6.34. The van der Waals surface area contributed by atoms with E-state index in [9.17, 15) is 0 Å². The van der Waals surface area contributed by atoms with Crippen molar-refractivity contribution in [3.63, 3.8) is 0 Å². The van der Waals surface area contributed by atoms with E-state index in [0.717, 1.165) is 55.0 Å². The van der Waals surface area contributed by atoms with E-state index < -0.39 is 0 Å². The van der Waals surface area contributed by atoms with Gasteiger partial charge < -0.3 is 0 Å². The second kappa shape index (κ2) is 8.44. The standard InChI is InChI=1S/C26H22ClN5/c1-17-22(18(2)32(31-17)16-19-9-3-6-12-23(19)27)15-28-30-26-20-10-4-7-13-24(20)29-25-14-8-5-11-21(25)26/h3-15H,16H2,1-2H3,(H,29,30)/b28-15+. The smallest absolute Gasteiger partial charge is 0.0749 e. The number of halogens is 1. The van der Waals surface area contributed by atoms with Crippen LogP contribution < -0.4 is 5.43 Å². The van der Waals surface area contributed by atoms with Crippen LogP contribution in [0, 0.1) is 13.8 Å². The zero-order chi connectivity index (χ0) is 22.1. The van der Waals surface area contributed by atoms with E-state index in [-0.39, 0.29) is 0 Å². The highest BCUT2D eigenvalue weighted by Gasteiger charge is 2.12. The van der Waals surface area contributed by atoms with Crippen molar-refractivity contribution in [1.82, 2.24) is 14.8 Å². The van der Waals surface area contributed by atoms with Gasteiger partial charge in [0, 0.05) is 27.1 Å². The molecule has 0 atom stereocenters. The monoisotopic (exact) mass is 439 g/mol. The van der Waals surface area contributed by atoms with Crippen molar-refractivity contribution in [1.29, 1.82) is 0 Å². The first kappa shape index (κ1) is 20.2. The van der Waals surface area contributed by atoms with Gasteiger partial charge >= 0.3 is 0 Å². The molecule has 5 nitrogen and oxygen atoms in total. The number of hydrogen-bond acceptors (Lipinski definition) is 4. The second-order valence-corrected chi connectivity index (χ2v) is 8.13. The quantitative estimate of drug-likeness (QED) is 0.197. The first-order chi connectivity index (χ1) is 15.6. The molecule has 5 rings (SSSR count). The maximum atomic E-state index is 6.34. The lowest BCUT2D eigenvalue weighted by molar-refractivity contribution is 0.659. The minimum atomic E-state index is 0.618. The summed E-state index contributed by atoms with van der Waals surface area (Å²) in [6, 6.07) is 24.0. The van der Waals surface area contributed by atoms with Crippen LogP contribution in [0.1, 0.15) is 22.5 Å². The number of hydrogen-bond donors (Lipinski definition) is 1. The van der Waals surface area contributed by atoms with Crippen molar-refractivity contribution in [2.24, 2.45) is 5.10 Å². The first-order valence-corrected chi connectivity index (χ1v) is 10.8. The molecule has 0 bridgehead atoms. The Morgan fingerprint density at radius 2 is 1.53 bits per heavy atom. The van der Waals surface area contributed by atoms with Gasteiger partial charge in [-0.3, -0.25) is 10.1 Å². The van der Waals surface area contributed by atoms with Crippen LogP contribution in [-0.2, 0) is 6.54 Å². The number of benzene rings is 3. The Balaban J connectivity index is 1.48. The van der Waals surface area contributed by atoms with E-state index in [1.54, 1.807) is 0 Å². The Bertz CT molecular complexity index is 1410. The average molecular weight is 440 g/mol. The number of hydrazone groups is 1. The highest BCUT2D eigenvalue weighted by Crippen LogP contribution is 2.30. The van der Waals surface area contributed by atoms with E-state index >= 15 is 0 Å². The third kappa shape index (κ3) is 3.72. The summed E-state index contributed by atoms with van der Waals surface area (Å²) in [7, 11) is 0. The lowest BCUT2D eigenvalue weighted by Gasteiger charge is -2.10. The van der Waals surface area contributed by atoms with Gasteiger partial charge in [0.25, 0.3) is 0 Å². The molecule has 1 N–H and O–H groups in total. The van der Waals surface area contributed by atoms with Crippen molar-refractivity contribution < 1.29 is 0 Å². The molecule has 3 aromatic carbocycles. The first-order valence-electron chi connectivity index (χ1n) is 10.5. The third-order valence-electron chi connectivity index (χ3n) is 5.67. The van der Waals surface area contributed by atoms with E-state index in [2.05, 4.69) is 29.6 Å². The van der Waals surface area contributed by atoms with Crippen molar-refractivity contribution >= 4 is 45.3 Å². The summed E-state index contributed by atoms with van der Waals surface area (Å²) in [6.45, 7) is 4.66. The van der Waals surface area contributed by atoms with Gasteiger partial charge in [-0.2, -0.15) is 10.2 Å². The summed E-state index contributed by atoms with van der Waals surface area (Å²) in [4.78, 5) is 4.77. The van der Waals surface area contributed by atoms with Crippen LogP contribution >= 0.6 is 11.6 Å². The number of aryl methyl sites for hydroxylation is 1. The molecule has 32 heavy (non-hydrogen) atoms. The molecule has 0 fully saturated rings. The molecular formula is C26H22ClN5. The number of rotatable bonds is 5. The number of anilines is 1. The molecule has 0 amide bonds.